The SMILES string of the molecule is CCCCCCCCCC=CC=CC=CC=CC=CC=CC(=O)NCCOC(=O)c1ccc(Cl)cc1Cl. The lowest BCUT2D eigenvalue weighted by Gasteiger charge is -2.06. The number of carbonyl (C=O) groups excluding carboxylic acids is 2. The molecule has 0 unspecified atom stereocenters. The van der Waals surface area contributed by atoms with Crippen LogP contribution in [0.5, 0.6) is 0 Å². The zero-order chi connectivity index (χ0) is 27.0. The lowest BCUT2D eigenvalue weighted by molar-refractivity contribution is -0.116. The van der Waals surface area contributed by atoms with Crippen molar-refractivity contribution in [1.29, 1.82) is 0 Å². The molecular formula is C31H39Cl2NO3. The first-order chi connectivity index (χ1) is 18.0. The second-order valence-corrected chi connectivity index (χ2v) is 9.13. The van der Waals surface area contributed by atoms with Crippen LogP contribution in [0.2, 0.25) is 10.0 Å². The number of unbranched alkanes of at least 4 members (excludes halogenated alkanes) is 7. The minimum atomic E-state index is -0.569. The fraction of sp³-hybridized carbons (Fsp3) is 0.355. The highest BCUT2D eigenvalue weighted by Crippen LogP contribution is 2.21. The summed E-state index contributed by atoms with van der Waals surface area (Å²) in [6.07, 6.45) is 33.2. The van der Waals surface area contributed by atoms with E-state index in [1.54, 1.807) is 18.2 Å². The van der Waals surface area contributed by atoms with Gasteiger partial charge in [0, 0.05) is 11.1 Å². The Morgan fingerprint density at radius 3 is 2.05 bits per heavy atom. The van der Waals surface area contributed by atoms with Crippen LogP contribution in [0.3, 0.4) is 0 Å². The van der Waals surface area contributed by atoms with Crippen molar-refractivity contribution in [2.45, 2.75) is 58.3 Å². The molecule has 1 rings (SSSR count). The van der Waals surface area contributed by atoms with Crippen molar-refractivity contribution >= 4 is 35.1 Å². The monoisotopic (exact) mass is 543 g/mol. The molecule has 0 aliphatic heterocycles. The van der Waals surface area contributed by atoms with E-state index in [-0.39, 0.29) is 29.6 Å². The topological polar surface area (TPSA) is 55.4 Å². The molecule has 1 aromatic carbocycles. The molecule has 1 N–H and O–H groups in total. The maximum Gasteiger partial charge on any atom is 0.339 e. The number of halogens is 2. The molecule has 0 fully saturated rings. The Balaban J connectivity index is 2.09. The Labute approximate surface area is 232 Å². The minimum absolute atomic E-state index is 0.0334. The molecule has 4 nitrogen and oxygen atoms in total. The van der Waals surface area contributed by atoms with Crippen molar-refractivity contribution in [1.82, 2.24) is 5.32 Å². The molecule has 0 radical (unpaired) electrons. The summed E-state index contributed by atoms with van der Waals surface area (Å²) >= 11 is 11.8. The van der Waals surface area contributed by atoms with Gasteiger partial charge in [-0.2, -0.15) is 0 Å². The Hall–Kier alpha value is -2.82. The molecule has 37 heavy (non-hydrogen) atoms. The molecule has 1 aromatic rings. The first-order valence-electron chi connectivity index (χ1n) is 12.9. The molecule has 0 saturated heterocycles. The third-order valence-electron chi connectivity index (χ3n) is 5.14. The van der Waals surface area contributed by atoms with Crippen LogP contribution in [0.25, 0.3) is 0 Å². The van der Waals surface area contributed by atoms with E-state index < -0.39 is 5.97 Å². The Morgan fingerprint density at radius 1 is 0.811 bits per heavy atom. The summed E-state index contributed by atoms with van der Waals surface area (Å²) in [5.74, 6) is -0.847. The van der Waals surface area contributed by atoms with Gasteiger partial charge in [0.1, 0.15) is 6.61 Å². The van der Waals surface area contributed by atoms with Crippen LogP contribution in [-0.2, 0) is 9.53 Å². The predicted octanol–water partition coefficient (Wildman–Crippen LogP) is 8.74. The standard InChI is InChI=1S/C31H39Cl2NO3/c1-2-3-4-5-6-7-8-9-10-11-12-13-14-15-16-17-18-19-20-21-30(35)34-24-25-37-31(36)28-23-22-27(32)26-29(28)33/h10-23,26H,2-9,24-25H2,1H3,(H,34,35). The van der Waals surface area contributed by atoms with Crippen LogP contribution in [0.15, 0.2) is 91.1 Å². The first kappa shape index (κ1) is 32.2. The fourth-order valence-corrected chi connectivity index (χ4v) is 3.65. The molecule has 0 aliphatic rings. The minimum Gasteiger partial charge on any atom is -0.460 e. The second kappa shape index (κ2) is 22.4. The van der Waals surface area contributed by atoms with E-state index in [4.69, 9.17) is 27.9 Å². The summed E-state index contributed by atoms with van der Waals surface area (Å²) in [6, 6.07) is 4.53. The van der Waals surface area contributed by atoms with E-state index in [0.717, 1.165) is 6.42 Å². The molecule has 0 aromatic heterocycles. The van der Waals surface area contributed by atoms with Crippen LogP contribution in [0.4, 0.5) is 0 Å². The molecule has 6 heteroatoms. The number of allylic oxidation sites excluding steroid dienone is 11. The fourth-order valence-electron chi connectivity index (χ4n) is 3.16. The average Bonchev–Trinajstić information content (AvgIpc) is 2.88. The lowest BCUT2D eigenvalue weighted by atomic mass is 10.1. The summed E-state index contributed by atoms with van der Waals surface area (Å²) in [5, 5.41) is 3.30. The molecule has 0 aliphatic carbocycles. The highest BCUT2D eigenvalue weighted by Gasteiger charge is 2.11. The van der Waals surface area contributed by atoms with Gasteiger partial charge in [-0.15, -0.1) is 0 Å². The van der Waals surface area contributed by atoms with Crippen molar-refractivity contribution < 1.29 is 14.3 Å². The van der Waals surface area contributed by atoms with Crippen molar-refractivity contribution in [3.63, 3.8) is 0 Å². The molecule has 0 atom stereocenters. The first-order valence-corrected chi connectivity index (χ1v) is 13.7. The number of hydrogen-bond acceptors (Lipinski definition) is 3. The summed E-state index contributed by atoms with van der Waals surface area (Å²) in [4.78, 5) is 23.8. The summed E-state index contributed by atoms with van der Waals surface area (Å²) in [7, 11) is 0. The Bertz CT molecular complexity index is 975. The van der Waals surface area contributed by atoms with Gasteiger partial charge in [-0.3, -0.25) is 4.79 Å². The third kappa shape index (κ3) is 18.1. The molecule has 1 amide bonds. The number of benzene rings is 1. The molecule has 0 saturated carbocycles. The molecule has 0 bridgehead atoms. The van der Waals surface area contributed by atoms with Crippen molar-refractivity contribution in [2.75, 3.05) is 13.2 Å². The largest absolute Gasteiger partial charge is 0.460 e. The maximum atomic E-state index is 12.0. The van der Waals surface area contributed by atoms with Crippen LogP contribution < -0.4 is 5.32 Å². The number of nitrogens with one attached hydrogen (secondary N) is 1. The number of esters is 1. The molecule has 200 valence electrons. The predicted molar refractivity (Wildman–Crippen MR) is 157 cm³/mol. The Morgan fingerprint density at radius 2 is 1.41 bits per heavy atom. The van der Waals surface area contributed by atoms with Gasteiger partial charge in [-0.25, -0.2) is 4.79 Å². The van der Waals surface area contributed by atoms with E-state index >= 15 is 0 Å². The van der Waals surface area contributed by atoms with Crippen LogP contribution in [0, 0.1) is 0 Å². The number of rotatable bonds is 18. The van der Waals surface area contributed by atoms with E-state index in [1.165, 1.54) is 63.2 Å². The number of amides is 1. The van der Waals surface area contributed by atoms with Gasteiger partial charge in [0.15, 0.2) is 0 Å². The Kier molecular flexibility index (Phi) is 19.5. The normalized spacial score (nSPS) is 12.3. The lowest BCUT2D eigenvalue weighted by Crippen LogP contribution is -2.26. The maximum absolute atomic E-state index is 12.0. The summed E-state index contributed by atoms with van der Waals surface area (Å²) in [6.45, 7) is 2.47. The zero-order valence-electron chi connectivity index (χ0n) is 21.7. The number of carbonyl (C=O) groups is 2. The number of ether oxygens (including phenoxy) is 1. The van der Waals surface area contributed by atoms with Crippen LogP contribution >= 0.6 is 23.2 Å². The van der Waals surface area contributed by atoms with Gasteiger partial charge in [0.2, 0.25) is 5.91 Å². The van der Waals surface area contributed by atoms with Crippen molar-refractivity contribution in [3.05, 3.63) is 107 Å². The van der Waals surface area contributed by atoms with Crippen LogP contribution in [0.1, 0.15) is 68.6 Å². The van der Waals surface area contributed by atoms with E-state index in [2.05, 4.69) is 24.4 Å². The smallest absolute Gasteiger partial charge is 0.339 e. The highest BCUT2D eigenvalue weighted by molar-refractivity contribution is 6.36. The molecule has 0 heterocycles. The third-order valence-corrected chi connectivity index (χ3v) is 5.69. The van der Waals surface area contributed by atoms with E-state index in [1.807, 2.05) is 42.5 Å². The second-order valence-electron chi connectivity index (χ2n) is 8.29. The highest BCUT2D eigenvalue weighted by atomic mass is 35.5. The van der Waals surface area contributed by atoms with E-state index in [9.17, 15) is 9.59 Å². The van der Waals surface area contributed by atoms with Gasteiger partial charge in [-0.05, 0) is 31.0 Å². The zero-order valence-corrected chi connectivity index (χ0v) is 23.2. The van der Waals surface area contributed by atoms with Gasteiger partial charge in [0.25, 0.3) is 0 Å². The molecule has 0 spiro atoms. The summed E-state index contributed by atoms with van der Waals surface area (Å²) in [5.41, 5.74) is 0.229. The van der Waals surface area contributed by atoms with Crippen molar-refractivity contribution in [3.8, 4) is 0 Å². The summed E-state index contributed by atoms with van der Waals surface area (Å²) < 4.78 is 5.10. The van der Waals surface area contributed by atoms with Gasteiger partial charge >= 0.3 is 5.97 Å². The average molecular weight is 545 g/mol. The quantitative estimate of drug-likeness (QED) is 0.0870. The number of hydrogen-bond donors (Lipinski definition) is 1. The van der Waals surface area contributed by atoms with Gasteiger partial charge in [-0.1, -0.05) is 135 Å². The van der Waals surface area contributed by atoms with Gasteiger partial charge < -0.3 is 10.1 Å². The van der Waals surface area contributed by atoms with E-state index in [0.29, 0.717) is 5.02 Å². The molecular weight excluding hydrogens is 505 g/mol. The van der Waals surface area contributed by atoms with Crippen LogP contribution in [-0.4, -0.2) is 25.0 Å². The van der Waals surface area contributed by atoms with Crippen molar-refractivity contribution in [2.24, 2.45) is 0 Å². The van der Waals surface area contributed by atoms with Gasteiger partial charge in [0.05, 0.1) is 17.1 Å².